The van der Waals surface area contributed by atoms with E-state index in [1.807, 2.05) is 0 Å². The Morgan fingerprint density at radius 3 is 2.36 bits per heavy atom. The van der Waals surface area contributed by atoms with Gasteiger partial charge >= 0.3 is 5.97 Å². The van der Waals surface area contributed by atoms with Gasteiger partial charge in [-0.15, -0.1) is 0 Å². The summed E-state index contributed by atoms with van der Waals surface area (Å²) < 4.78 is 13.4. The number of aliphatic hydroxyl groups excluding tert-OH is 2. The quantitative estimate of drug-likeness (QED) is 0.124. The first-order valence-electron chi connectivity index (χ1n) is 9.61. The molecule has 1 aromatic rings. The molecule has 2 aliphatic heterocycles. The Balaban J connectivity index is 1.85. The van der Waals surface area contributed by atoms with Gasteiger partial charge in [0.2, 0.25) is 0 Å². The summed E-state index contributed by atoms with van der Waals surface area (Å²) in [5.41, 5.74) is -0.986. The minimum absolute atomic E-state index is 0.0114. The molecule has 0 aromatic heterocycles. The van der Waals surface area contributed by atoms with E-state index in [0.717, 1.165) is 0 Å². The van der Waals surface area contributed by atoms with Crippen LogP contribution in [0, 0.1) is 11.8 Å². The van der Waals surface area contributed by atoms with E-state index in [4.69, 9.17) is 55.9 Å². The zero-order chi connectivity index (χ0) is 24.1. The van der Waals surface area contributed by atoms with Crippen LogP contribution >= 0.6 is 110 Å². The molecule has 13 heteroatoms. The van der Waals surface area contributed by atoms with Crippen molar-refractivity contribution < 1.29 is 24.5 Å². The van der Waals surface area contributed by atoms with Crippen LogP contribution in [0.4, 0.5) is 0 Å². The molecule has 4 aliphatic rings. The molecule has 2 fully saturated rings. The van der Waals surface area contributed by atoms with Crippen LogP contribution in [-0.2, 0) is 15.1 Å². The maximum absolute atomic E-state index is 13.3. The number of alkyl halides is 2. The third kappa shape index (κ3) is 3.43. The smallest absolute Gasteiger partial charge is 0.341 e. The molecule has 1 saturated heterocycles. The van der Waals surface area contributed by atoms with Crippen LogP contribution in [0.15, 0.2) is 20.8 Å². The van der Waals surface area contributed by atoms with Crippen molar-refractivity contribution >= 4 is 116 Å². The van der Waals surface area contributed by atoms with Gasteiger partial charge in [-0.1, -0.05) is 84.3 Å². The number of aliphatic hydroxyl groups is 2. The molecule has 8 atom stereocenters. The molecule has 178 valence electrons. The van der Waals surface area contributed by atoms with Crippen molar-refractivity contribution in [1.82, 2.24) is 0 Å². The summed E-state index contributed by atoms with van der Waals surface area (Å²) in [7, 11) is 0. The lowest BCUT2D eigenvalue weighted by Crippen LogP contribution is -2.65. The topological polar surface area (TPSA) is 76.0 Å². The SMILES string of the molecule is O=C1OC2(c3c(Cl)c(Cl)c(Cl)c(Cl)c31)C1C=C(Br)C(O)=C(Br)C1OC1C(Br)C(O)C(Br)CC12. The number of hydrogen-bond acceptors (Lipinski definition) is 5. The summed E-state index contributed by atoms with van der Waals surface area (Å²) in [5.74, 6) is -1.82. The van der Waals surface area contributed by atoms with Crippen LogP contribution in [-0.4, -0.2) is 44.1 Å². The number of allylic oxidation sites excluding steroid dienone is 1. The number of carbonyl (C=O) groups is 1. The zero-order valence-electron chi connectivity index (χ0n) is 16.0. The van der Waals surface area contributed by atoms with E-state index in [9.17, 15) is 15.0 Å². The second kappa shape index (κ2) is 8.77. The summed E-state index contributed by atoms with van der Waals surface area (Å²) in [5, 5.41) is 21.3. The normalized spacial score (nSPS) is 39.7. The van der Waals surface area contributed by atoms with Gasteiger partial charge in [0.05, 0.1) is 57.6 Å². The molecule has 0 bridgehead atoms. The Morgan fingerprint density at radius 1 is 1.06 bits per heavy atom. The van der Waals surface area contributed by atoms with Crippen molar-refractivity contribution in [3.63, 3.8) is 0 Å². The Morgan fingerprint density at radius 2 is 1.70 bits per heavy atom. The number of rotatable bonds is 0. The summed E-state index contributed by atoms with van der Waals surface area (Å²) in [6.07, 6.45) is -0.0465. The van der Waals surface area contributed by atoms with Crippen LogP contribution in [0.5, 0.6) is 0 Å². The van der Waals surface area contributed by atoms with Crippen molar-refractivity contribution in [3.05, 3.63) is 52.0 Å². The third-order valence-corrected chi connectivity index (χ3v) is 12.0. The molecule has 2 aliphatic carbocycles. The van der Waals surface area contributed by atoms with Gasteiger partial charge in [0.15, 0.2) is 5.60 Å². The van der Waals surface area contributed by atoms with E-state index < -0.39 is 46.5 Å². The van der Waals surface area contributed by atoms with E-state index in [0.29, 0.717) is 20.9 Å². The molecule has 33 heavy (non-hydrogen) atoms. The third-order valence-electron chi connectivity index (χ3n) is 6.71. The summed E-state index contributed by atoms with van der Waals surface area (Å²) >= 11 is 39.9. The van der Waals surface area contributed by atoms with Gasteiger partial charge in [0.1, 0.15) is 11.9 Å². The number of hydrogen-bond donors (Lipinski definition) is 2. The van der Waals surface area contributed by atoms with E-state index in [1.165, 1.54) is 0 Å². The molecule has 1 spiro atoms. The molecule has 2 heterocycles. The number of fused-ring (bicyclic) bond motifs is 6. The predicted molar refractivity (Wildman–Crippen MR) is 141 cm³/mol. The number of halogens is 8. The highest BCUT2D eigenvalue weighted by atomic mass is 79.9. The molecular weight excluding hydrogens is 782 g/mol. The van der Waals surface area contributed by atoms with E-state index >= 15 is 0 Å². The first kappa shape index (κ1) is 25.6. The lowest BCUT2D eigenvalue weighted by atomic mass is 9.61. The van der Waals surface area contributed by atoms with Gasteiger partial charge < -0.3 is 19.7 Å². The standard InChI is InChI=1S/C20H12Br4Cl4O5/c21-5-1-3-17(9(23)15(5)29)32-18-4(2-6(22)16(30)10(18)24)20(3)8-7(19(31)33-20)11(25)13(27)14(28)12(8)26/h1,3-4,6,10,16-18,29-30H,2H2. The first-order valence-corrected chi connectivity index (χ1v) is 14.5. The maximum Gasteiger partial charge on any atom is 0.341 e. The van der Waals surface area contributed by atoms with Crippen molar-refractivity contribution in [3.8, 4) is 0 Å². The van der Waals surface area contributed by atoms with Crippen LogP contribution < -0.4 is 0 Å². The minimum atomic E-state index is -1.37. The molecule has 8 unspecified atom stereocenters. The summed E-state index contributed by atoms with van der Waals surface area (Å²) in [4.78, 5) is 12.4. The Labute approximate surface area is 242 Å². The van der Waals surface area contributed by atoms with E-state index in [-0.39, 0.29) is 36.2 Å². The van der Waals surface area contributed by atoms with Gasteiger partial charge in [0, 0.05) is 16.3 Å². The Hall–Kier alpha value is 0.970. The molecule has 5 nitrogen and oxygen atoms in total. The van der Waals surface area contributed by atoms with E-state index in [2.05, 4.69) is 63.7 Å². The van der Waals surface area contributed by atoms with Gasteiger partial charge in [-0.2, -0.15) is 0 Å². The fraction of sp³-hybridized carbons (Fsp3) is 0.450. The predicted octanol–water partition coefficient (Wildman–Crippen LogP) is 7.41. The fourth-order valence-electron chi connectivity index (χ4n) is 5.30. The Bertz CT molecular complexity index is 1160. The zero-order valence-corrected chi connectivity index (χ0v) is 25.3. The van der Waals surface area contributed by atoms with E-state index in [1.54, 1.807) is 6.08 Å². The van der Waals surface area contributed by atoms with Crippen molar-refractivity contribution in [2.45, 2.75) is 40.0 Å². The first-order chi connectivity index (χ1) is 15.4. The highest BCUT2D eigenvalue weighted by molar-refractivity contribution is 9.12. The minimum Gasteiger partial charge on any atom is -0.506 e. The monoisotopic (exact) mass is 788 g/mol. The van der Waals surface area contributed by atoms with Crippen LogP contribution in [0.25, 0.3) is 0 Å². The molecule has 5 rings (SSSR count). The molecule has 2 N–H and O–H groups in total. The van der Waals surface area contributed by atoms with Gasteiger partial charge in [0.25, 0.3) is 0 Å². The van der Waals surface area contributed by atoms with Crippen molar-refractivity contribution in [1.29, 1.82) is 0 Å². The van der Waals surface area contributed by atoms with Gasteiger partial charge in [-0.05, 0) is 38.3 Å². The highest BCUT2D eigenvalue weighted by Crippen LogP contribution is 2.64. The fourth-order valence-corrected chi connectivity index (χ4v) is 9.75. The van der Waals surface area contributed by atoms with Gasteiger partial charge in [-0.3, -0.25) is 0 Å². The summed E-state index contributed by atoms with van der Waals surface area (Å²) in [6.45, 7) is 0. The highest BCUT2D eigenvalue weighted by Gasteiger charge is 2.68. The molecule has 0 radical (unpaired) electrons. The second-order valence-corrected chi connectivity index (χ2v) is 13.7. The molecule has 0 amide bonds. The largest absolute Gasteiger partial charge is 0.506 e. The number of carbonyl (C=O) groups excluding carboxylic acids is 1. The molecule has 1 aromatic carbocycles. The summed E-state index contributed by atoms with van der Waals surface area (Å²) in [6, 6.07) is 0. The second-order valence-electron chi connectivity index (χ2n) is 8.24. The van der Waals surface area contributed by atoms with Crippen LogP contribution in [0.2, 0.25) is 20.1 Å². The molecule has 1 saturated carbocycles. The van der Waals surface area contributed by atoms with Crippen molar-refractivity contribution in [2.75, 3.05) is 0 Å². The number of esters is 1. The lowest BCUT2D eigenvalue weighted by molar-refractivity contribution is -0.217. The average molecular weight is 794 g/mol. The van der Waals surface area contributed by atoms with Crippen LogP contribution in [0.3, 0.4) is 0 Å². The molecular formula is C20H12Br4Cl4O5. The van der Waals surface area contributed by atoms with Crippen molar-refractivity contribution in [2.24, 2.45) is 11.8 Å². The van der Waals surface area contributed by atoms with Crippen LogP contribution in [0.1, 0.15) is 22.3 Å². The van der Waals surface area contributed by atoms with Gasteiger partial charge in [-0.25, -0.2) is 4.79 Å². The number of benzene rings is 1. The maximum atomic E-state index is 13.3. The Kier molecular flexibility index (Phi) is 6.81. The lowest BCUT2D eigenvalue weighted by Gasteiger charge is -2.57. The average Bonchev–Trinajstić information content (AvgIpc) is 3.08. The number of ether oxygens (including phenoxy) is 2.